The van der Waals surface area contributed by atoms with Gasteiger partial charge in [-0.1, -0.05) is 0 Å². The Morgan fingerprint density at radius 3 is 2.89 bits per heavy atom. The lowest BCUT2D eigenvalue weighted by atomic mass is 10.1. The normalized spacial score (nSPS) is 16.3. The second-order valence-corrected chi connectivity index (χ2v) is 6.10. The highest BCUT2D eigenvalue weighted by atomic mass is 32.1. The predicted octanol–water partition coefficient (Wildman–Crippen LogP) is 1.69. The van der Waals surface area contributed by atoms with Crippen molar-refractivity contribution in [2.45, 2.75) is 19.4 Å². The lowest BCUT2D eigenvalue weighted by Gasteiger charge is -2.15. The topological polar surface area (TPSA) is 58.9 Å². The molecule has 0 spiro atoms. The molecule has 1 aliphatic rings. The first-order chi connectivity index (χ1) is 9.17. The standard InChI is InChI=1S/C12H18N6S/c1-17(2)10-15-11(19-16-10)13-8-12(4-5-12)9-18-7-3-6-14-18/h3,6-7H,4-5,8-9H2,1-2H3,(H,13,15,16). The molecular weight excluding hydrogens is 260 g/mol. The van der Waals surface area contributed by atoms with Crippen LogP contribution in [0, 0.1) is 5.41 Å². The van der Waals surface area contributed by atoms with E-state index < -0.39 is 0 Å². The van der Waals surface area contributed by atoms with E-state index >= 15 is 0 Å². The Hall–Kier alpha value is -1.63. The Morgan fingerprint density at radius 2 is 2.32 bits per heavy atom. The van der Waals surface area contributed by atoms with Crippen LogP contribution in [0.2, 0.25) is 0 Å². The van der Waals surface area contributed by atoms with E-state index in [0.29, 0.717) is 5.41 Å². The Kier molecular flexibility index (Phi) is 3.14. The Bertz CT molecular complexity index is 528. The molecule has 0 atom stereocenters. The molecule has 0 saturated heterocycles. The number of nitrogens with zero attached hydrogens (tertiary/aromatic N) is 5. The second-order valence-electron chi connectivity index (χ2n) is 5.35. The molecule has 6 nitrogen and oxygen atoms in total. The minimum absolute atomic E-state index is 0.343. The molecule has 0 unspecified atom stereocenters. The summed E-state index contributed by atoms with van der Waals surface area (Å²) in [6, 6.07) is 1.97. The largest absolute Gasteiger partial charge is 0.360 e. The van der Waals surface area contributed by atoms with Crippen molar-refractivity contribution in [1.82, 2.24) is 19.1 Å². The van der Waals surface area contributed by atoms with Crippen LogP contribution in [-0.2, 0) is 6.54 Å². The molecule has 1 fully saturated rings. The van der Waals surface area contributed by atoms with E-state index in [2.05, 4.69) is 19.8 Å². The molecule has 7 heteroatoms. The molecule has 1 N–H and O–H groups in total. The van der Waals surface area contributed by atoms with Gasteiger partial charge in [-0.15, -0.1) is 0 Å². The van der Waals surface area contributed by atoms with Crippen LogP contribution in [0.3, 0.4) is 0 Å². The minimum Gasteiger partial charge on any atom is -0.360 e. The van der Waals surface area contributed by atoms with Gasteiger partial charge in [0.1, 0.15) is 0 Å². The van der Waals surface area contributed by atoms with Gasteiger partial charge in [-0.05, 0) is 18.9 Å². The quantitative estimate of drug-likeness (QED) is 0.871. The molecule has 0 aliphatic heterocycles. The summed E-state index contributed by atoms with van der Waals surface area (Å²) in [5.74, 6) is 0.768. The molecule has 2 aromatic rings. The molecule has 0 amide bonds. The Labute approximate surface area is 116 Å². The highest BCUT2D eigenvalue weighted by Crippen LogP contribution is 2.47. The molecule has 3 rings (SSSR count). The highest BCUT2D eigenvalue weighted by Gasteiger charge is 2.43. The average molecular weight is 278 g/mol. The number of aromatic nitrogens is 4. The minimum atomic E-state index is 0.343. The molecule has 0 aromatic carbocycles. The van der Waals surface area contributed by atoms with Gasteiger partial charge in [-0.3, -0.25) is 4.68 Å². The fraction of sp³-hybridized carbons (Fsp3) is 0.583. The van der Waals surface area contributed by atoms with Gasteiger partial charge in [0.05, 0.1) is 0 Å². The molecule has 1 aliphatic carbocycles. The van der Waals surface area contributed by atoms with Crippen molar-refractivity contribution in [2.24, 2.45) is 5.41 Å². The van der Waals surface area contributed by atoms with Crippen molar-refractivity contribution in [3.63, 3.8) is 0 Å². The van der Waals surface area contributed by atoms with Crippen LogP contribution < -0.4 is 10.2 Å². The Morgan fingerprint density at radius 1 is 1.47 bits per heavy atom. The van der Waals surface area contributed by atoms with Crippen LogP contribution in [0.15, 0.2) is 18.5 Å². The van der Waals surface area contributed by atoms with E-state index in [1.54, 1.807) is 0 Å². The lowest BCUT2D eigenvalue weighted by Crippen LogP contribution is -2.21. The van der Waals surface area contributed by atoms with Crippen molar-refractivity contribution in [1.29, 1.82) is 0 Å². The number of nitrogens with one attached hydrogen (secondary N) is 1. The average Bonchev–Trinajstić information content (AvgIpc) is 2.84. The monoisotopic (exact) mass is 278 g/mol. The number of hydrogen-bond acceptors (Lipinski definition) is 6. The lowest BCUT2D eigenvalue weighted by molar-refractivity contribution is 0.416. The van der Waals surface area contributed by atoms with Crippen LogP contribution in [0.1, 0.15) is 12.8 Å². The molecule has 0 radical (unpaired) electrons. The summed E-state index contributed by atoms with van der Waals surface area (Å²) in [7, 11) is 3.90. The third-order valence-electron chi connectivity index (χ3n) is 3.44. The van der Waals surface area contributed by atoms with Crippen LogP contribution in [0.4, 0.5) is 11.1 Å². The summed E-state index contributed by atoms with van der Waals surface area (Å²) in [4.78, 5) is 6.35. The van der Waals surface area contributed by atoms with Gasteiger partial charge in [0.2, 0.25) is 11.1 Å². The summed E-state index contributed by atoms with van der Waals surface area (Å²) in [5.41, 5.74) is 0.343. The van der Waals surface area contributed by atoms with Gasteiger partial charge < -0.3 is 10.2 Å². The van der Waals surface area contributed by atoms with Crippen molar-refractivity contribution in [2.75, 3.05) is 30.9 Å². The van der Waals surface area contributed by atoms with Crippen LogP contribution in [-0.4, -0.2) is 39.8 Å². The predicted molar refractivity (Wildman–Crippen MR) is 76.6 cm³/mol. The summed E-state index contributed by atoms with van der Waals surface area (Å²) >= 11 is 1.42. The summed E-state index contributed by atoms with van der Waals surface area (Å²) in [5, 5.41) is 8.59. The van der Waals surface area contributed by atoms with Gasteiger partial charge >= 0.3 is 0 Å². The maximum absolute atomic E-state index is 4.44. The number of anilines is 2. The van der Waals surface area contributed by atoms with Crippen molar-refractivity contribution >= 4 is 22.6 Å². The zero-order valence-corrected chi connectivity index (χ0v) is 12.0. The SMILES string of the molecule is CN(C)c1nsc(NCC2(Cn3cccn3)CC2)n1. The van der Waals surface area contributed by atoms with E-state index in [0.717, 1.165) is 24.2 Å². The molecule has 102 valence electrons. The maximum Gasteiger partial charge on any atom is 0.238 e. The third-order valence-corrected chi connectivity index (χ3v) is 4.11. The number of hydrogen-bond donors (Lipinski definition) is 1. The smallest absolute Gasteiger partial charge is 0.238 e. The van der Waals surface area contributed by atoms with Gasteiger partial charge in [0.25, 0.3) is 0 Å². The van der Waals surface area contributed by atoms with Crippen molar-refractivity contribution in [3.8, 4) is 0 Å². The van der Waals surface area contributed by atoms with E-state index in [-0.39, 0.29) is 0 Å². The first kappa shape index (κ1) is 12.4. The van der Waals surface area contributed by atoms with E-state index in [1.807, 2.05) is 42.1 Å². The summed E-state index contributed by atoms with van der Waals surface area (Å²) in [6.07, 6.45) is 6.35. The van der Waals surface area contributed by atoms with Crippen LogP contribution >= 0.6 is 11.5 Å². The second kappa shape index (κ2) is 4.80. The van der Waals surface area contributed by atoms with E-state index in [9.17, 15) is 0 Å². The van der Waals surface area contributed by atoms with Crippen LogP contribution in [0.25, 0.3) is 0 Å². The van der Waals surface area contributed by atoms with Gasteiger partial charge in [0.15, 0.2) is 0 Å². The van der Waals surface area contributed by atoms with Crippen molar-refractivity contribution < 1.29 is 0 Å². The van der Waals surface area contributed by atoms with Gasteiger partial charge in [0, 0.05) is 56.5 Å². The fourth-order valence-corrected chi connectivity index (χ4v) is 2.67. The van der Waals surface area contributed by atoms with Gasteiger partial charge in [-0.2, -0.15) is 14.5 Å². The van der Waals surface area contributed by atoms with E-state index in [4.69, 9.17) is 0 Å². The molecule has 0 bridgehead atoms. The molecular formula is C12H18N6S. The molecule has 2 aromatic heterocycles. The van der Waals surface area contributed by atoms with Crippen LogP contribution in [0.5, 0.6) is 0 Å². The Balaban J connectivity index is 1.56. The zero-order valence-electron chi connectivity index (χ0n) is 11.2. The number of rotatable bonds is 6. The van der Waals surface area contributed by atoms with E-state index in [1.165, 1.54) is 24.4 Å². The first-order valence-corrected chi connectivity index (χ1v) is 7.17. The van der Waals surface area contributed by atoms with Gasteiger partial charge in [-0.25, -0.2) is 0 Å². The summed E-state index contributed by atoms with van der Waals surface area (Å²) in [6.45, 7) is 1.92. The third kappa shape index (κ3) is 2.86. The fourth-order valence-electron chi connectivity index (χ4n) is 2.04. The molecule has 2 heterocycles. The summed E-state index contributed by atoms with van der Waals surface area (Å²) < 4.78 is 6.30. The maximum atomic E-state index is 4.44. The zero-order chi connectivity index (χ0) is 13.3. The highest BCUT2D eigenvalue weighted by molar-refractivity contribution is 7.09. The van der Waals surface area contributed by atoms with Crippen molar-refractivity contribution in [3.05, 3.63) is 18.5 Å². The molecule has 1 saturated carbocycles. The first-order valence-electron chi connectivity index (χ1n) is 6.39. The molecule has 19 heavy (non-hydrogen) atoms.